The smallest absolute Gasteiger partial charge is 0.348 e. The van der Waals surface area contributed by atoms with Gasteiger partial charge in [0.05, 0.1) is 0 Å². The molecular formula is C25H29N2O2S+. The molecule has 30 heavy (non-hydrogen) atoms. The van der Waals surface area contributed by atoms with Crippen LogP contribution in [0.5, 0.6) is 0 Å². The molecule has 0 spiro atoms. The normalized spacial score (nSPS) is 27.3. The first-order valence-electron chi connectivity index (χ1n) is 10.8. The van der Waals surface area contributed by atoms with Gasteiger partial charge in [0.1, 0.15) is 10.2 Å². The summed E-state index contributed by atoms with van der Waals surface area (Å²) in [6, 6.07) is 8.34. The zero-order valence-electron chi connectivity index (χ0n) is 17.6. The summed E-state index contributed by atoms with van der Waals surface area (Å²) in [4.78, 5) is 26.9. The van der Waals surface area contributed by atoms with E-state index in [0.29, 0.717) is 10.8 Å². The van der Waals surface area contributed by atoms with Gasteiger partial charge in [-0.05, 0) is 37.3 Å². The Labute approximate surface area is 182 Å². The van der Waals surface area contributed by atoms with E-state index in [0.717, 1.165) is 30.5 Å². The third kappa shape index (κ3) is 4.67. The fourth-order valence-corrected chi connectivity index (χ4v) is 5.48. The number of allylic oxidation sites excluding steroid dienone is 3. The molecule has 3 unspecified atom stereocenters. The summed E-state index contributed by atoms with van der Waals surface area (Å²) in [5, 5.41) is 3.24. The molecule has 4 nitrogen and oxygen atoms in total. The summed E-state index contributed by atoms with van der Waals surface area (Å²) in [6.07, 6.45) is 14.5. The molecule has 3 aliphatic rings. The molecule has 0 radical (unpaired) electrons. The van der Waals surface area contributed by atoms with Crippen LogP contribution in [-0.4, -0.2) is 39.9 Å². The first-order chi connectivity index (χ1) is 14.5. The highest BCUT2D eigenvalue weighted by Crippen LogP contribution is 2.33. The first kappa shape index (κ1) is 20.9. The molecule has 2 aliphatic carbocycles. The maximum Gasteiger partial charge on any atom is 0.426 e. The van der Waals surface area contributed by atoms with E-state index in [9.17, 15) is 9.59 Å². The van der Waals surface area contributed by atoms with Gasteiger partial charge in [0.25, 0.3) is 5.91 Å². The Kier molecular flexibility index (Phi) is 6.38. The Morgan fingerprint density at radius 1 is 1.20 bits per heavy atom. The number of aryl methyl sites for hydroxylation is 1. The number of benzene rings is 1. The maximum atomic E-state index is 13.3. The van der Waals surface area contributed by atoms with Crippen molar-refractivity contribution >= 4 is 35.4 Å². The van der Waals surface area contributed by atoms with Crippen LogP contribution in [0.4, 0.5) is 0 Å². The predicted octanol–water partition coefficient (Wildman–Crippen LogP) is 4.25. The Morgan fingerprint density at radius 3 is 2.73 bits per heavy atom. The second-order valence-electron chi connectivity index (χ2n) is 8.45. The van der Waals surface area contributed by atoms with Gasteiger partial charge in [-0.1, -0.05) is 79.6 Å². The summed E-state index contributed by atoms with van der Waals surface area (Å²) in [5.41, 5.74) is 3.07. The lowest BCUT2D eigenvalue weighted by molar-refractivity contribution is -0.434. The Bertz CT molecular complexity index is 956. The van der Waals surface area contributed by atoms with E-state index >= 15 is 0 Å². The van der Waals surface area contributed by atoms with Gasteiger partial charge in [-0.2, -0.15) is 0 Å². The van der Waals surface area contributed by atoms with Gasteiger partial charge < -0.3 is 5.32 Å². The second-order valence-corrected chi connectivity index (χ2v) is 9.64. The first-order valence-corrected chi connectivity index (χ1v) is 11.7. The monoisotopic (exact) mass is 421 g/mol. The highest BCUT2D eigenvalue weighted by molar-refractivity contribution is 8.05. The van der Waals surface area contributed by atoms with E-state index in [1.54, 1.807) is 16.3 Å². The average Bonchev–Trinajstić information content (AvgIpc) is 2.74. The topological polar surface area (TPSA) is 49.2 Å². The van der Waals surface area contributed by atoms with Crippen LogP contribution in [0, 0.1) is 12.8 Å². The van der Waals surface area contributed by atoms with Crippen LogP contribution in [0.2, 0.25) is 0 Å². The van der Waals surface area contributed by atoms with Crippen molar-refractivity contribution in [3.05, 3.63) is 64.6 Å². The number of amides is 2. The minimum absolute atomic E-state index is 0.0470. The van der Waals surface area contributed by atoms with Crippen LogP contribution in [0.1, 0.15) is 43.7 Å². The number of carbonyl (C=O) groups is 2. The molecular weight excluding hydrogens is 392 g/mol. The number of nitrogens with one attached hydrogen (secondary N) is 1. The summed E-state index contributed by atoms with van der Waals surface area (Å²) in [6.45, 7) is 4.32. The lowest BCUT2D eigenvalue weighted by Crippen LogP contribution is -2.47. The summed E-state index contributed by atoms with van der Waals surface area (Å²) in [7, 11) is 0. The molecule has 0 saturated heterocycles. The van der Waals surface area contributed by atoms with E-state index in [1.807, 2.05) is 55.5 Å². The Hall–Kier alpha value is -2.40. The highest BCUT2D eigenvalue weighted by atomic mass is 32.2. The molecule has 1 N–H and O–H groups in total. The number of hydrogen-bond acceptors (Lipinski definition) is 3. The van der Waals surface area contributed by atoms with Crippen molar-refractivity contribution in [3.63, 3.8) is 0 Å². The number of carbonyl (C=O) groups excluding carboxylic acids is 2. The molecule has 1 fully saturated rings. The van der Waals surface area contributed by atoms with Gasteiger partial charge in [-0.3, -0.25) is 4.79 Å². The van der Waals surface area contributed by atoms with Crippen LogP contribution in [0.3, 0.4) is 0 Å². The molecule has 1 heterocycles. The van der Waals surface area contributed by atoms with Gasteiger partial charge in [-0.15, -0.1) is 4.58 Å². The maximum absolute atomic E-state index is 13.3. The lowest BCUT2D eigenvalue weighted by atomic mass is 9.86. The zero-order valence-corrected chi connectivity index (χ0v) is 18.5. The van der Waals surface area contributed by atoms with Gasteiger partial charge >= 0.3 is 5.91 Å². The molecule has 1 aromatic carbocycles. The summed E-state index contributed by atoms with van der Waals surface area (Å²) in [5.74, 6) is 0.321. The number of hydrogen-bond donors (Lipinski definition) is 1. The molecule has 1 saturated carbocycles. The van der Waals surface area contributed by atoms with E-state index < -0.39 is 0 Å². The van der Waals surface area contributed by atoms with Crippen molar-refractivity contribution in [2.45, 2.75) is 50.8 Å². The van der Waals surface area contributed by atoms with Gasteiger partial charge in [0, 0.05) is 12.1 Å². The number of nitrogens with zero attached hydrogens (tertiary/aromatic N) is 1. The van der Waals surface area contributed by atoms with Crippen LogP contribution >= 0.6 is 11.8 Å². The van der Waals surface area contributed by atoms with Crippen molar-refractivity contribution < 1.29 is 14.2 Å². The van der Waals surface area contributed by atoms with E-state index in [2.05, 4.69) is 18.3 Å². The standard InChI is InChI=1S/C25H28N2O2S/c1-17-11-13-19(14-12-17)15-23-25(29)27(21-9-5-6-10-22(21)30-23)16-24(28)26-20-8-4-3-7-18(20)2/h5-6,9-15,18,20,22H,3-4,7-8,16H2,1-2H3/p+1/b23-15+. The minimum atomic E-state index is -0.0985. The quantitative estimate of drug-likeness (QED) is 0.584. The lowest BCUT2D eigenvalue weighted by Gasteiger charge is -2.29. The molecule has 2 amide bonds. The van der Waals surface area contributed by atoms with Crippen molar-refractivity contribution in [2.75, 3.05) is 6.54 Å². The van der Waals surface area contributed by atoms with E-state index in [-0.39, 0.29) is 29.7 Å². The molecule has 156 valence electrons. The van der Waals surface area contributed by atoms with E-state index in [1.165, 1.54) is 12.0 Å². The van der Waals surface area contributed by atoms with E-state index in [4.69, 9.17) is 0 Å². The molecule has 0 aromatic heterocycles. The van der Waals surface area contributed by atoms with Crippen molar-refractivity contribution in [1.29, 1.82) is 0 Å². The third-order valence-electron chi connectivity index (χ3n) is 6.11. The fraction of sp³-hybridized carbons (Fsp3) is 0.400. The van der Waals surface area contributed by atoms with Gasteiger partial charge in [0.2, 0.25) is 12.3 Å². The Morgan fingerprint density at radius 2 is 1.97 bits per heavy atom. The third-order valence-corrected chi connectivity index (χ3v) is 7.31. The highest BCUT2D eigenvalue weighted by Gasteiger charge is 2.40. The number of thioether (sulfide) groups is 1. The molecule has 5 heteroatoms. The van der Waals surface area contributed by atoms with Crippen LogP contribution < -0.4 is 5.32 Å². The van der Waals surface area contributed by atoms with Gasteiger partial charge in [-0.25, -0.2) is 4.79 Å². The van der Waals surface area contributed by atoms with Crippen molar-refractivity contribution in [2.24, 2.45) is 5.92 Å². The van der Waals surface area contributed by atoms with Crippen molar-refractivity contribution in [1.82, 2.24) is 5.32 Å². The molecule has 0 bridgehead atoms. The average molecular weight is 422 g/mol. The molecule has 1 aromatic rings. The SMILES string of the molecule is Cc1ccc(/C=C2/SC3C=CC=CC3=[N+](CC(=O)NC3CCCCC3C)C2=O)cc1. The molecule has 1 aliphatic heterocycles. The molecule has 3 atom stereocenters. The minimum Gasteiger partial charge on any atom is -0.348 e. The number of rotatable bonds is 4. The van der Waals surface area contributed by atoms with Crippen LogP contribution in [0.15, 0.2) is 53.5 Å². The van der Waals surface area contributed by atoms with Crippen LogP contribution in [0.25, 0.3) is 6.08 Å². The molecule has 4 rings (SSSR count). The second kappa shape index (κ2) is 9.17. The summed E-state index contributed by atoms with van der Waals surface area (Å²) < 4.78 is 1.66. The fourth-order valence-electron chi connectivity index (χ4n) is 4.29. The van der Waals surface area contributed by atoms with Gasteiger partial charge in [0.15, 0.2) is 0 Å². The Balaban J connectivity index is 1.57. The summed E-state index contributed by atoms with van der Waals surface area (Å²) >= 11 is 1.55. The zero-order chi connectivity index (χ0) is 21.1. The number of fused-ring (bicyclic) bond motifs is 1. The predicted molar refractivity (Wildman–Crippen MR) is 124 cm³/mol. The largest absolute Gasteiger partial charge is 0.426 e. The van der Waals surface area contributed by atoms with Crippen molar-refractivity contribution in [3.8, 4) is 0 Å². The van der Waals surface area contributed by atoms with Crippen LogP contribution in [-0.2, 0) is 9.59 Å².